The molecule has 2 nitrogen and oxygen atoms in total. The molecule has 1 heterocycles. The molecule has 0 aliphatic heterocycles. The van der Waals surface area contributed by atoms with Crippen LogP contribution in [0.25, 0.3) is 71.6 Å². The van der Waals surface area contributed by atoms with Crippen LogP contribution >= 0.6 is 0 Å². The van der Waals surface area contributed by atoms with Gasteiger partial charge in [0.05, 0.1) is 11.0 Å². The fourth-order valence-electron chi connectivity index (χ4n) is 10.5. The van der Waals surface area contributed by atoms with E-state index in [0.717, 1.165) is 22.7 Å². The number of hydrogen-bond donors (Lipinski definition) is 0. The van der Waals surface area contributed by atoms with Crippen molar-refractivity contribution in [2.75, 3.05) is 4.90 Å². The van der Waals surface area contributed by atoms with E-state index in [0.29, 0.717) is 0 Å². The highest BCUT2D eigenvalue weighted by Gasteiger charge is 2.44. The molecule has 2 heteroatoms. The molecule has 59 heavy (non-hydrogen) atoms. The fourth-order valence-corrected chi connectivity index (χ4v) is 10.5. The molecule has 1 saturated carbocycles. The average molecular weight is 755 g/mol. The summed E-state index contributed by atoms with van der Waals surface area (Å²) >= 11 is 0. The van der Waals surface area contributed by atoms with Crippen LogP contribution in [-0.2, 0) is 5.41 Å². The molecule has 280 valence electrons. The lowest BCUT2D eigenvalue weighted by molar-refractivity contribution is 0.550. The van der Waals surface area contributed by atoms with Crippen LogP contribution in [0.2, 0.25) is 0 Å². The molecule has 2 aliphatic rings. The molecule has 0 unspecified atom stereocenters. The third-order valence-electron chi connectivity index (χ3n) is 13.3. The van der Waals surface area contributed by atoms with E-state index in [1.807, 2.05) is 0 Å². The quantitative estimate of drug-likeness (QED) is 0.164. The zero-order valence-corrected chi connectivity index (χ0v) is 32.9. The zero-order chi connectivity index (χ0) is 38.9. The maximum atomic E-state index is 2.51. The number of nitrogens with zero attached hydrogens (tertiary/aromatic N) is 2. The Morgan fingerprint density at radius 3 is 1.73 bits per heavy atom. The molecule has 1 fully saturated rings. The Labute approximate surface area is 345 Å². The van der Waals surface area contributed by atoms with Crippen LogP contribution in [0.1, 0.15) is 36.8 Å². The highest BCUT2D eigenvalue weighted by Crippen LogP contribution is 2.57. The third-order valence-corrected chi connectivity index (χ3v) is 13.3. The second-order valence-electron chi connectivity index (χ2n) is 16.5. The number of benzene rings is 9. The van der Waals surface area contributed by atoms with Gasteiger partial charge in [-0.3, -0.25) is 0 Å². The number of rotatable bonds is 6. The van der Waals surface area contributed by atoms with Gasteiger partial charge >= 0.3 is 0 Å². The first-order valence-electron chi connectivity index (χ1n) is 21.0. The summed E-state index contributed by atoms with van der Waals surface area (Å²) in [7, 11) is 0. The maximum Gasteiger partial charge on any atom is 0.0561 e. The molecule has 0 radical (unpaired) electrons. The zero-order valence-electron chi connectivity index (χ0n) is 32.9. The number of fused-ring (bicyclic) bond motifs is 9. The molecule has 9 aromatic carbocycles. The number of hydrogen-bond acceptors (Lipinski definition) is 1. The highest BCUT2D eigenvalue weighted by molar-refractivity contribution is 6.10. The van der Waals surface area contributed by atoms with Gasteiger partial charge in [-0.25, -0.2) is 0 Å². The molecule has 0 atom stereocenters. The van der Waals surface area contributed by atoms with Gasteiger partial charge in [0.1, 0.15) is 0 Å². The maximum absolute atomic E-state index is 2.51. The van der Waals surface area contributed by atoms with E-state index < -0.39 is 0 Å². The van der Waals surface area contributed by atoms with Crippen molar-refractivity contribution in [3.63, 3.8) is 0 Å². The minimum atomic E-state index is 0.151. The molecular formula is C57H42N2. The van der Waals surface area contributed by atoms with Crippen molar-refractivity contribution in [1.82, 2.24) is 4.57 Å². The standard InChI is InChI=1S/C57H42N2/c1-2-14-45(15-3-1)59-55-19-9-7-17-51(55)52-33-31-48(38-56(52)59)58(46-27-22-40(23-28-46)43-21-20-39-12-4-5-13-42(39)36-43)47-29-24-41(25-30-47)44-26-32-50-49-16-6-8-18-53(49)57(54(50)37-44)34-10-11-35-57/h1-9,12-33,36-38H,10-11,34-35H2. The molecule has 0 bridgehead atoms. The van der Waals surface area contributed by atoms with E-state index in [1.165, 1.54) is 103 Å². The summed E-state index contributed by atoms with van der Waals surface area (Å²) in [5.74, 6) is 0. The summed E-state index contributed by atoms with van der Waals surface area (Å²) in [6.45, 7) is 0. The lowest BCUT2D eigenvalue weighted by atomic mass is 9.76. The van der Waals surface area contributed by atoms with Crippen LogP contribution in [0.5, 0.6) is 0 Å². The van der Waals surface area contributed by atoms with E-state index in [-0.39, 0.29) is 5.41 Å². The van der Waals surface area contributed by atoms with E-state index >= 15 is 0 Å². The van der Waals surface area contributed by atoms with Gasteiger partial charge in [-0.2, -0.15) is 0 Å². The van der Waals surface area contributed by atoms with Gasteiger partial charge in [0.15, 0.2) is 0 Å². The van der Waals surface area contributed by atoms with Gasteiger partial charge in [-0.1, -0.05) is 152 Å². The van der Waals surface area contributed by atoms with Crippen LogP contribution in [0.4, 0.5) is 17.1 Å². The second kappa shape index (κ2) is 13.5. The first-order chi connectivity index (χ1) is 29.2. The van der Waals surface area contributed by atoms with Gasteiger partial charge in [-0.15, -0.1) is 0 Å². The summed E-state index contributed by atoms with van der Waals surface area (Å²) < 4.78 is 2.40. The molecule has 1 spiro atoms. The number of anilines is 3. The average Bonchev–Trinajstić information content (AvgIpc) is 4.01. The van der Waals surface area contributed by atoms with Crippen LogP contribution < -0.4 is 4.90 Å². The lowest BCUT2D eigenvalue weighted by Gasteiger charge is -2.27. The summed E-state index contributed by atoms with van der Waals surface area (Å²) in [6.07, 6.45) is 5.07. The predicted octanol–water partition coefficient (Wildman–Crippen LogP) is 15.6. The van der Waals surface area contributed by atoms with Crippen LogP contribution in [-0.4, -0.2) is 4.57 Å². The topological polar surface area (TPSA) is 8.17 Å². The molecule has 0 saturated heterocycles. The van der Waals surface area contributed by atoms with E-state index in [4.69, 9.17) is 0 Å². The van der Waals surface area contributed by atoms with Crippen molar-refractivity contribution >= 4 is 49.6 Å². The molecule has 0 amide bonds. The lowest BCUT2D eigenvalue weighted by Crippen LogP contribution is -2.20. The molecule has 12 rings (SSSR count). The first kappa shape index (κ1) is 33.9. The fraction of sp³-hybridized carbons (Fsp3) is 0.0877. The third kappa shape index (κ3) is 5.40. The van der Waals surface area contributed by atoms with Gasteiger partial charge in [0.2, 0.25) is 0 Å². The van der Waals surface area contributed by atoms with Crippen molar-refractivity contribution in [2.24, 2.45) is 0 Å². The largest absolute Gasteiger partial charge is 0.310 e. The molecular weight excluding hydrogens is 713 g/mol. The second-order valence-corrected chi connectivity index (χ2v) is 16.5. The van der Waals surface area contributed by atoms with Gasteiger partial charge in [-0.05, 0) is 135 Å². The van der Waals surface area contributed by atoms with Gasteiger partial charge in [0.25, 0.3) is 0 Å². The monoisotopic (exact) mass is 754 g/mol. The Morgan fingerprint density at radius 1 is 0.373 bits per heavy atom. The minimum absolute atomic E-state index is 0.151. The van der Waals surface area contributed by atoms with Crippen molar-refractivity contribution in [2.45, 2.75) is 31.1 Å². The van der Waals surface area contributed by atoms with Crippen molar-refractivity contribution in [1.29, 1.82) is 0 Å². The number of para-hydroxylation sites is 2. The van der Waals surface area contributed by atoms with Crippen molar-refractivity contribution in [3.05, 3.63) is 217 Å². The van der Waals surface area contributed by atoms with Crippen LogP contribution in [0, 0.1) is 0 Å². The van der Waals surface area contributed by atoms with Crippen LogP contribution in [0.3, 0.4) is 0 Å². The summed E-state index contributed by atoms with van der Waals surface area (Å²) in [6, 6.07) is 76.5. The van der Waals surface area contributed by atoms with E-state index in [2.05, 4.69) is 216 Å². The first-order valence-corrected chi connectivity index (χ1v) is 21.0. The Balaban J connectivity index is 0.979. The molecule has 0 N–H and O–H groups in total. The summed E-state index contributed by atoms with van der Waals surface area (Å²) in [4.78, 5) is 2.41. The SMILES string of the molecule is c1ccc(-n2c3ccccc3c3ccc(N(c4ccc(-c5ccc6c(c5)C5(CCCC5)c5ccccc5-6)cc4)c4ccc(-c5ccc6ccccc6c5)cc4)cc32)cc1. The Morgan fingerprint density at radius 2 is 0.949 bits per heavy atom. The molecule has 1 aromatic heterocycles. The minimum Gasteiger partial charge on any atom is -0.310 e. The summed E-state index contributed by atoms with van der Waals surface area (Å²) in [5, 5.41) is 5.01. The van der Waals surface area contributed by atoms with E-state index in [9.17, 15) is 0 Å². The van der Waals surface area contributed by atoms with Crippen molar-refractivity contribution in [3.8, 4) is 39.1 Å². The molecule has 2 aliphatic carbocycles. The Bertz CT molecular complexity index is 3200. The number of aromatic nitrogens is 1. The summed E-state index contributed by atoms with van der Waals surface area (Å²) in [5.41, 5.74) is 17.9. The predicted molar refractivity (Wildman–Crippen MR) is 249 cm³/mol. The Hall–Kier alpha value is -7.16. The van der Waals surface area contributed by atoms with E-state index in [1.54, 1.807) is 0 Å². The molecule has 10 aromatic rings. The smallest absolute Gasteiger partial charge is 0.0561 e. The van der Waals surface area contributed by atoms with Crippen molar-refractivity contribution < 1.29 is 0 Å². The van der Waals surface area contributed by atoms with Gasteiger partial charge < -0.3 is 9.47 Å². The van der Waals surface area contributed by atoms with Gasteiger partial charge in [0, 0.05) is 38.9 Å². The Kier molecular flexibility index (Phi) is 7.74. The highest BCUT2D eigenvalue weighted by atomic mass is 15.1. The van der Waals surface area contributed by atoms with Crippen LogP contribution in [0.15, 0.2) is 206 Å². The normalized spacial score (nSPS) is 14.0.